The van der Waals surface area contributed by atoms with E-state index in [1.54, 1.807) is 40.8 Å². The summed E-state index contributed by atoms with van der Waals surface area (Å²) in [6.45, 7) is 42.0. The van der Waals surface area contributed by atoms with Gasteiger partial charge in [-0.15, -0.1) is 47.3 Å². The zero-order valence-electron chi connectivity index (χ0n) is 69.1. The number of H-pyrrole nitrogens is 1. The number of benzene rings is 6. The fourth-order valence-corrected chi connectivity index (χ4v) is 9.60. The number of ether oxygens (including phenoxy) is 8. The van der Waals surface area contributed by atoms with Crippen molar-refractivity contribution < 1.29 is 43.0 Å². The molecule has 15 nitrogen and oxygen atoms in total. The predicted molar refractivity (Wildman–Crippen MR) is 488 cm³/mol. The summed E-state index contributed by atoms with van der Waals surface area (Å²) in [5.74, 6) is 4.41. The summed E-state index contributed by atoms with van der Waals surface area (Å²) in [6, 6.07) is 68.8. The summed E-state index contributed by atoms with van der Waals surface area (Å²) in [6.07, 6.45) is 3.47. The van der Waals surface area contributed by atoms with Crippen LogP contribution >= 0.6 is 79.1 Å². The Hall–Kier alpha value is -8.47. The van der Waals surface area contributed by atoms with Crippen molar-refractivity contribution in [3.8, 4) is 119 Å². The first-order valence-electron chi connectivity index (χ1n) is 37.5. The Morgan fingerprint density at radius 2 is 0.655 bits per heavy atom. The normalized spacial score (nSPS) is 8.99. The molecule has 0 fully saturated rings. The van der Waals surface area contributed by atoms with Crippen LogP contribution in [-0.2, 0) is 0 Å². The Bertz CT molecular complexity index is 4090. The highest BCUT2D eigenvalue weighted by molar-refractivity contribution is 9.69. The van der Waals surface area contributed by atoms with E-state index in [4.69, 9.17) is 42.9 Å². The number of methoxy groups -OCH3 is 4. The summed E-state index contributed by atoms with van der Waals surface area (Å²) in [5.41, 5.74) is 11.1. The molecule has 0 saturated heterocycles. The lowest BCUT2D eigenvalue weighted by Gasteiger charge is -2.15. The smallest absolute Gasteiger partial charge is 0.369 e. The van der Waals surface area contributed by atoms with Gasteiger partial charge >= 0.3 is 3.18 Å². The molecule has 0 aliphatic rings. The van der Waals surface area contributed by atoms with E-state index in [9.17, 15) is 9.90 Å². The van der Waals surface area contributed by atoms with Gasteiger partial charge < -0.3 is 48.0 Å². The molecule has 0 bridgehead atoms. The Balaban J connectivity index is -0.00000124. The molecule has 0 atom stereocenters. The van der Waals surface area contributed by atoms with Crippen LogP contribution in [-0.4, -0.2) is 88.1 Å². The second kappa shape index (κ2) is 68.6. The molecule has 0 saturated carbocycles. The van der Waals surface area contributed by atoms with Gasteiger partial charge in [-0.25, -0.2) is 19.9 Å². The van der Waals surface area contributed by atoms with E-state index in [-0.39, 0.29) is 8.93 Å². The molecule has 0 aliphatic carbocycles. The van der Waals surface area contributed by atoms with Crippen molar-refractivity contribution in [2.45, 2.75) is 138 Å². The fourth-order valence-electron chi connectivity index (χ4n) is 8.79. The molecular formula is C89H119BBr5N5O10. The van der Waals surface area contributed by atoms with Crippen molar-refractivity contribution in [3.63, 3.8) is 0 Å². The van der Waals surface area contributed by atoms with Gasteiger partial charge in [0.05, 0.1) is 66.3 Å². The lowest BCUT2D eigenvalue weighted by Crippen LogP contribution is -2.07. The van der Waals surface area contributed by atoms with Crippen LogP contribution in [0.3, 0.4) is 0 Å². The monoisotopic (exact) mass is 1820 g/mol. The standard InChI is InChI=1S/C20H19NO2.C17H13NO2.C14H14BrNO2.C14H15NO2.C8H10BrNO2.8C2H6.BBr3/c1-3-23-20-18(22-2)14-17(15-10-6-4-7-11-15)19(21-20)16-12-8-5-9-13-16;19-15-11-14(12-7-3-1-4-8-12)16(18-17(15)20)13-9-5-2-6-10-13;1-3-18-14-12(17-2)9-11(13(15)16-14)10-7-5-4-6-8-10;1-3-17-14-13(16-2)9-12(10-15-14)11-7-5-4-6-8-11;1-3-12-8-7(11-2)4-6(9)5-10-8;8*1-2;2-1(3)4/h4-14H,3H2,1-2H3;1-11,19H,(H,18,20);4-9H,3H2,1-2H3;4-10H,3H2,1-2H3;4-5H,3H2,1-2H3;8*1-2H3;. The van der Waals surface area contributed by atoms with Crippen LogP contribution < -0.4 is 43.5 Å². The fraction of sp³-hybridized carbons (Fsp3) is 0.315. The number of nitrogens with zero attached hydrogens (tertiary/aromatic N) is 4. The number of aromatic nitrogens is 5. The van der Waals surface area contributed by atoms with Crippen molar-refractivity contribution in [2.24, 2.45) is 0 Å². The van der Waals surface area contributed by atoms with Crippen LogP contribution in [0.4, 0.5) is 0 Å². The highest BCUT2D eigenvalue weighted by atomic mass is 79.9. The summed E-state index contributed by atoms with van der Waals surface area (Å²) in [7, 11) is 6.46. The van der Waals surface area contributed by atoms with E-state index in [2.05, 4.69) is 123 Å². The van der Waals surface area contributed by atoms with Gasteiger partial charge in [0, 0.05) is 50.8 Å². The molecule has 0 aliphatic heterocycles. The lowest BCUT2D eigenvalue weighted by molar-refractivity contribution is 0.298. The third-order valence-corrected chi connectivity index (χ3v) is 14.0. The number of nitrogens with one attached hydrogen (secondary N) is 1. The first-order chi connectivity index (χ1) is 53.7. The SMILES string of the molecule is BrB(Br)Br.CC.CC.CC.CC.CC.CC.CC.CC.CCOc1nc(-c2ccccc2)c(-c2ccccc2)cc1OC.CCOc1nc(Br)c(-c2ccccc2)cc1OC.CCOc1ncc(-c2ccccc2)cc1OC.CCOc1ncc(Br)cc1OC.O=c1[nH]c(-c2ccccc2)c(-c2ccccc2)cc1O. The molecule has 0 spiro atoms. The van der Waals surface area contributed by atoms with Crippen molar-refractivity contribution in [3.05, 3.63) is 244 Å². The van der Waals surface area contributed by atoms with Gasteiger partial charge in [-0.3, -0.25) is 4.79 Å². The molecule has 21 heteroatoms. The molecular weight excluding hydrogens is 1710 g/mol. The second-order valence-electron chi connectivity index (χ2n) is 19.1. The van der Waals surface area contributed by atoms with Crippen molar-refractivity contribution in [2.75, 3.05) is 54.9 Å². The first kappa shape index (κ1) is 106. The van der Waals surface area contributed by atoms with Crippen LogP contribution in [0, 0.1) is 0 Å². The zero-order chi connectivity index (χ0) is 83.6. The van der Waals surface area contributed by atoms with E-state index in [0.29, 0.717) is 78.6 Å². The lowest BCUT2D eigenvalue weighted by atomic mass is 9.99. The molecule has 0 amide bonds. The molecule has 11 aromatic rings. The molecule has 2 N–H and O–H groups in total. The van der Waals surface area contributed by atoms with Gasteiger partial charge in [-0.2, -0.15) is 0 Å². The van der Waals surface area contributed by atoms with E-state index in [0.717, 1.165) is 70.4 Å². The number of rotatable bonds is 18. The number of hydrogen-bond acceptors (Lipinski definition) is 14. The van der Waals surface area contributed by atoms with Crippen molar-refractivity contribution in [1.82, 2.24) is 24.9 Å². The Labute approximate surface area is 701 Å². The molecule has 0 unspecified atom stereocenters. The Morgan fingerprint density at radius 3 is 1.04 bits per heavy atom. The van der Waals surface area contributed by atoms with Crippen LogP contribution in [0.5, 0.6) is 52.3 Å². The second-order valence-corrected chi connectivity index (χ2v) is 27.2. The number of pyridine rings is 5. The molecule has 110 heavy (non-hydrogen) atoms. The first-order valence-corrected chi connectivity index (χ1v) is 41.8. The maximum atomic E-state index is 11.7. The number of halogens is 5. The topological polar surface area (TPSA) is 178 Å². The van der Waals surface area contributed by atoms with Gasteiger partial charge in [0.25, 0.3) is 29.1 Å². The van der Waals surface area contributed by atoms with E-state index in [1.807, 2.05) is 320 Å². The Morgan fingerprint density at radius 1 is 0.355 bits per heavy atom. The van der Waals surface area contributed by atoms with Crippen molar-refractivity contribution in [1.29, 1.82) is 0 Å². The van der Waals surface area contributed by atoms with Gasteiger partial charge in [-0.05, 0) is 112 Å². The summed E-state index contributed by atoms with van der Waals surface area (Å²) >= 11 is 16.1. The maximum absolute atomic E-state index is 11.7. The van der Waals surface area contributed by atoms with Gasteiger partial charge in [0.15, 0.2) is 28.7 Å². The molecule has 0 radical (unpaired) electrons. The third-order valence-electron chi connectivity index (χ3n) is 13.0. The minimum absolute atomic E-state index is 0.271. The van der Waals surface area contributed by atoms with Gasteiger partial charge in [0.1, 0.15) is 4.60 Å². The molecule has 598 valence electrons. The average Bonchev–Trinajstić information content (AvgIpc) is 0.826. The molecule has 5 aromatic heterocycles. The quantitative estimate of drug-likeness (QED) is 0.0612. The Kier molecular flexibility index (Phi) is 65.9. The van der Waals surface area contributed by atoms with E-state index in [1.165, 1.54) is 6.07 Å². The van der Waals surface area contributed by atoms with E-state index >= 15 is 0 Å². The van der Waals surface area contributed by atoms with Crippen molar-refractivity contribution >= 4 is 82.3 Å². The molecule has 11 rings (SSSR count). The van der Waals surface area contributed by atoms with Gasteiger partial charge in [-0.1, -0.05) is 293 Å². The predicted octanol–water partition coefficient (Wildman–Crippen LogP) is 27.9. The van der Waals surface area contributed by atoms with Crippen LogP contribution in [0.25, 0.3) is 67.0 Å². The minimum Gasteiger partial charge on any atom is -0.503 e. The maximum Gasteiger partial charge on any atom is 0.369 e. The van der Waals surface area contributed by atoms with E-state index < -0.39 is 5.56 Å². The zero-order valence-corrected chi connectivity index (χ0v) is 77.0. The highest BCUT2D eigenvalue weighted by Gasteiger charge is 2.18. The van der Waals surface area contributed by atoms with Gasteiger partial charge in [0.2, 0.25) is 0 Å². The summed E-state index contributed by atoms with van der Waals surface area (Å²) in [5, 5.41) is 9.69. The average molecular weight is 1830 g/mol. The van der Waals surface area contributed by atoms with Crippen LogP contribution in [0.1, 0.15) is 138 Å². The largest absolute Gasteiger partial charge is 0.503 e. The highest BCUT2D eigenvalue weighted by Crippen LogP contribution is 2.40. The molecule has 5 heterocycles. The number of hydrogen-bond donors (Lipinski definition) is 2. The number of aromatic amines is 1. The summed E-state index contributed by atoms with van der Waals surface area (Å²) < 4.78 is 44.7. The van der Waals surface area contributed by atoms with Crippen LogP contribution in [0.15, 0.2) is 239 Å². The summed E-state index contributed by atoms with van der Waals surface area (Å²) in [4.78, 5) is 31.9. The minimum atomic E-state index is -0.483. The van der Waals surface area contributed by atoms with Crippen LogP contribution in [0.2, 0.25) is 0 Å². The third kappa shape index (κ3) is 38.9. The number of aromatic hydroxyl groups is 1. The molecule has 6 aromatic carbocycles.